The van der Waals surface area contributed by atoms with Crippen LogP contribution in [0.1, 0.15) is 39.5 Å². The lowest BCUT2D eigenvalue weighted by molar-refractivity contribution is 0.356. The molecule has 1 atom stereocenters. The van der Waals surface area contributed by atoms with Gasteiger partial charge in [0, 0.05) is 6.04 Å². The van der Waals surface area contributed by atoms with Gasteiger partial charge in [-0.25, -0.2) is 35.1 Å². The van der Waals surface area contributed by atoms with E-state index in [0.717, 1.165) is 6.42 Å². The van der Waals surface area contributed by atoms with Gasteiger partial charge in [-0.1, -0.05) is 26.7 Å². The van der Waals surface area contributed by atoms with Crippen molar-refractivity contribution in [3.63, 3.8) is 0 Å². The molecular formula is C13H16F5NO2S. The molecule has 1 N–H and O–H groups in total. The quantitative estimate of drug-likeness (QED) is 0.466. The van der Waals surface area contributed by atoms with Gasteiger partial charge in [0.05, 0.1) is 0 Å². The molecule has 126 valence electrons. The molecule has 0 fully saturated rings. The standard InChI is InChI=1S/C13H16F5NO2S/c1-3-5-6-7(4-2)19-22(20,21)13-11(17)9(15)8(14)10(16)12(13)18/h7,19H,3-6H2,1-2H3. The van der Waals surface area contributed by atoms with Crippen LogP contribution < -0.4 is 4.72 Å². The van der Waals surface area contributed by atoms with Gasteiger partial charge in [0.1, 0.15) is 0 Å². The predicted octanol–water partition coefficient (Wildman–Crippen LogP) is 3.63. The highest BCUT2D eigenvalue weighted by Crippen LogP contribution is 2.27. The van der Waals surface area contributed by atoms with Gasteiger partial charge in [0.15, 0.2) is 28.2 Å². The van der Waals surface area contributed by atoms with Crippen LogP contribution in [0.2, 0.25) is 0 Å². The van der Waals surface area contributed by atoms with Crippen LogP contribution in [0, 0.1) is 29.1 Å². The molecule has 1 aromatic rings. The van der Waals surface area contributed by atoms with Gasteiger partial charge in [-0.05, 0) is 12.8 Å². The van der Waals surface area contributed by atoms with Crippen molar-refractivity contribution >= 4 is 10.0 Å². The van der Waals surface area contributed by atoms with Gasteiger partial charge in [-0.15, -0.1) is 0 Å². The van der Waals surface area contributed by atoms with Crippen LogP contribution in [-0.4, -0.2) is 14.5 Å². The van der Waals surface area contributed by atoms with Crippen LogP contribution in [0.25, 0.3) is 0 Å². The Morgan fingerprint density at radius 2 is 1.36 bits per heavy atom. The lowest BCUT2D eigenvalue weighted by Gasteiger charge is -2.17. The van der Waals surface area contributed by atoms with Crippen LogP contribution in [-0.2, 0) is 10.0 Å². The molecule has 1 rings (SSSR count). The molecule has 0 spiro atoms. The topological polar surface area (TPSA) is 46.2 Å². The maximum atomic E-state index is 13.6. The zero-order valence-electron chi connectivity index (χ0n) is 12.0. The highest BCUT2D eigenvalue weighted by atomic mass is 32.2. The third-order valence-corrected chi connectivity index (χ3v) is 4.70. The van der Waals surface area contributed by atoms with Gasteiger partial charge in [0.25, 0.3) is 0 Å². The molecule has 22 heavy (non-hydrogen) atoms. The second-order valence-corrected chi connectivity index (χ2v) is 6.42. The van der Waals surface area contributed by atoms with Crippen LogP contribution in [0.4, 0.5) is 22.0 Å². The van der Waals surface area contributed by atoms with E-state index >= 15 is 0 Å². The fourth-order valence-electron chi connectivity index (χ4n) is 1.90. The van der Waals surface area contributed by atoms with E-state index in [-0.39, 0.29) is 0 Å². The first kappa shape index (κ1) is 18.8. The molecule has 0 aliphatic rings. The summed E-state index contributed by atoms with van der Waals surface area (Å²) in [4.78, 5) is -1.85. The highest BCUT2D eigenvalue weighted by Gasteiger charge is 2.34. The van der Waals surface area contributed by atoms with Gasteiger partial charge < -0.3 is 0 Å². The monoisotopic (exact) mass is 345 g/mol. The largest absolute Gasteiger partial charge is 0.246 e. The zero-order chi connectivity index (χ0) is 17.1. The Balaban J connectivity index is 3.29. The first-order chi connectivity index (χ1) is 10.2. The Labute approximate surface area is 125 Å². The van der Waals surface area contributed by atoms with E-state index in [2.05, 4.69) is 0 Å². The molecule has 0 aromatic heterocycles. The Kier molecular flexibility index (Phi) is 6.30. The maximum absolute atomic E-state index is 13.6. The van der Waals surface area contributed by atoms with E-state index in [1.165, 1.54) is 0 Å². The number of hydrogen-bond acceptors (Lipinski definition) is 2. The fourth-order valence-corrected chi connectivity index (χ4v) is 3.39. The van der Waals surface area contributed by atoms with Crippen LogP contribution in [0.15, 0.2) is 4.90 Å². The summed E-state index contributed by atoms with van der Waals surface area (Å²) in [6.07, 6.45) is 2.12. The van der Waals surface area contributed by atoms with Crippen molar-refractivity contribution in [2.45, 2.75) is 50.5 Å². The second-order valence-electron chi connectivity index (χ2n) is 4.77. The van der Waals surface area contributed by atoms with Crippen LogP contribution in [0.3, 0.4) is 0 Å². The summed E-state index contributed by atoms with van der Waals surface area (Å²) in [6.45, 7) is 3.51. The number of hydrogen-bond donors (Lipinski definition) is 1. The molecule has 0 bridgehead atoms. The van der Waals surface area contributed by atoms with Gasteiger partial charge in [0.2, 0.25) is 15.8 Å². The zero-order valence-corrected chi connectivity index (χ0v) is 12.8. The average molecular weight is 345 g/mol. The lowest BCUT2D eigenvalue weighted by Crippen LogP contribution is -2.35. The van der Waals surface area contributed by atoms with Crippen molar-refractivity contribution in [1.82, 2.24) is 4.72 Å². The predicted molar refractivity (Wildman–Crippen MR) is 70.2 cm³/mol. The van der Waals surface area contributed by atoms with Crippen molar-refractivity contribution in [3.8, 4) is 0 Å². The molecule has 0 aliphatic heterocycles. The molecule has 0 radical (unpaired) electrons. The molecule has 0 saturated carbocycles. The van der Waals surface area contributed by atoms with Gasteiger partial charge in [-0.2, -0.15) is 0 Å². The third-order valence-electron chi connectivity index (χ3n) is 3.16. The highest BCUT2D eigenvalue weighted by molar-refractivity contribution is 7.89. The average Bonchev–Trinajstić information content (AvgIpc) is 2.47. The molecule has 1 aromatic carbocycles. The minimum atomic E-state index is -4.87. The van der Waals surface area contributed by atoms with Crippen LogP contribution in [0.5, 0.6) is 0 Å². The molecule has 3 nitrogen and oxygen atoms in total. The first-order valence-electron chi connectivity index (χ1n) is 6.71. The number of unbranched alkanes of at least 4 members (excludes halogenated alkanes) is 1. The number of rotatable bonds is 7. The van der Waals surface area contributed by atoms with E-state index in [1.807, 2.05) is 11.6 Å². The van der Waals surface area contributed by atoms with E-state index in [1.54, 1.807) is 6.92 Å². The number of nitrogens with one attached hydrogen (secondary N) is 1. The van der Waals surface area contributed by atoms with E-state index in [0.29, 0.717) is 19.3 Å². The summed E-state index contributed by atoms with van der Waals surface area (Å²) in [5, 5.41) is 0. The van der Waals surface area contributed by atoms with E-state index < -0.39 is 50.0 Å². The van der Waals surface area contributed by atoms with Crippen molar-refractivity contribution in [2.24, 2.45) is 0 Å². The fraction of sp³-hybridized carbons (Fsp3) is 0.538. The molecule has 0 heterocycles. The molecule has 0 saturated heterocycles. The number of benzene rings is 1. The summed E-state index contributed by atoms with van der Waals surface area (Å²) in [5.41, 5.74) is 0. The van der Waals surface area contributed by atoms with E-state index in [4.69, 9.17) is 0 Å². The van der Waals surface area contributed by atoms with Gasteiger partial charge in [-0.3, -0.25) is 0 Å². The second kappa shape index (κ2) is 7.36. The lowest BCUT2D eigenvalue weighted by atomic mass is 10.1. The summed E-state index contributed by atoms with van der Waals surface area (Å²) < 4.78 is 92.2. The molecule has 0 amide bonds. The van der Waals surface area contributed by atoms with Crippen molar-refractivity contribution < 1.29 is 30.4 Å². The van der Waals surface area contributed by atoms with Crippen LogP contribution >= 0.6 is 0 Å². The Morgan fingerprint density at radius 3 is 1.77 bits per heavy atom. The molecule has 0 aliphatic carbocycles. The third kappa shape index (κ3) is 3.75. The van der Waals surface area contributed by atoms with Crippen molar-refractivity contribution in [1.29, 1.82) is 0 Å². The molecule has 9 heteroatoms. The molecular weight excluding hydrogens is 329 g/mol. The Hall–Kier alpha value is -1.22. The van der Waals surface area contributed by atoms with Gasteiger partial charge >= 0.3 is 0 Å². The molecule has 1 unspecified atom stereocenters. The number of sulfonamides is 1. The van der Waals surface area contributed by atoms with E-state index in [9.17, 15) is 30.4 Å². The van der Waals surface area contributed by atoms with Crippen molar-refractivity contribution in [3.05, 3.63) is 29.1 Å². The first-order valence-corrected chi connectivity index (χ1v) is 8.19. The minimum absolute atomic E-state index is 0.314. The summed E-state index contributed by atoms with van der Waals surface area (Å²) in [6, 6.07) is -0.653. The smallest absolute Gasteiger partial charge is 0.208 e. The Bertz CT molecular complexity index is 619. The summed E-state index contributed by atoms with van der Waals surface area (Å²) in [5.74, 6) is -11.7. The van der Waals surface area contributed by atoms with Crippen molar-refractivity contribution in [2.75, 3.05) is 0 Å². The normalized spacial score (nSPS) is 13.4. The summed E-state index contributed by atoms with van der Waals surface area (Å²) >= 11 is 0. The number of halogens is 5. The summed E-state index contributed by atoms with van der Waals surface area (Å²) in [7, 11) is -4.87. The maximum Gasteiger partial charge on any atom is 0.246 e. The SMILES string of the molecule is CCCCC(CC)NS(=O)(=O)c1c(F)c(F)c(F)c(F)c1F. The Morgan fingerprint density at radius 1 is 0.909 bits per heavy atom. The minimum Gasteiger partial charge on any atom is -0.208 e.